The second-order valence-corrected chi connectivity index (χ2v) is 12.1. The number of nitrogens with zero attached hydrogens (tertiary/aromatic N) is 2. The molecule has 3 heteroatoms. The molecule has 38 heavy (non-hydrogen) atoms. The quantitative estimate of drug-likeness (QED) is 0.0768. The Morgan fingerprint density at radius 1 is 0.632 bits per heavy atom. The Kier molecular flexibility index (Phi) is 25.7. The van der Waals surface area contributed by atoms with Crippen molar-refractivity contribution in [3.05, 3.63) is 12.2 Å². The van der Waals surface area contributed by atoms with E-state index in [9.17, 15) is 5.11 Å². The maximum absolute atomic E-state index is 10.8. The second kappa shape index (κ2) is 27.7. The Labute approximate surface area is 239 Å². The van der Waals surface area contributed by atoms with Gasteiger partial charge in [-0.05, 0) is 44.9 Å². The zero-order valence-electron chi connectivity index (χ0n) is 26.0. The van der Waals surface area contributed by atoms with Crippen LogP contribution in [-0.4, -0.2) is 41.6 Å². The van der Waals surface area contributed by atoms with Gasteiger partial charge >= 0.3 is 0 Å². The number of aliphatic hydroxyl groups excluding tert-OH is 1. The Morgan fingerprint density at radius 3 is 1.55 bits per heavy atom. The van der Waals surface area contributed by atoms with Gasteiger partial charge in [0, 0.05) is 12.6 Å². The molecular formula is C35H68N2O. The smallest absolute Gasteiger partial charge is 0.0853 e. The van der Waals surface area contributed by atoms with E-state index in [1.807, 2.05) is 0 Å². The van der Waals surface area contributed by atoms with Crippen molar-refractivity contribution in [2.24, 2.45) is 4.99 Å². The molecule has 0 saturated heterocycles. The van der Waals surface area contributed by atoms with E-state index in [2.05, 4.69) is 42.2 Å². The first-order chi connectivity index (χ1) is 18.8. The van der Waals surface area contributed by atoms with Crippen LogP contribution in [0.15, 0.2) is 17.1 Å². The normalized spacial score (nSPS) is 15.2. The van der Waals surface area contributed by atoms with Gasteiger partial charge < -0.3 is 10.0 Å². The van der Waals surface area contributed by atoms with Crippen LogP contribution in [0.5, 0.6) is 0 Å². The van der Waals surface area contributed by atoms with Gasteiger partial charge in [-0.1, -0.05) is 148 Å². The molecule has 0 aromatic rings. The number of hydrogen-bond acceptors (Lipinski definition) is 3. The van der Waals surface area contributed by atoms with E-state index in [-0.39, 0.29) is 6.10 Å². The lowest BCUT2D eigenvalue weighted by Gasteiger charge is -2.29. The fourth-order valence-electron chi connectivity index (χ4n) is 5.84. The second-order valence-electron chi connectivity index (χ2n) is 12.1. The van der Waals surface area contributed by atoms with Crippen LogP contribution in [0.4, 0.5) is 0 Å². The van der Waals surface area contributed by atoms with Crippen molar-refractivity contribution >= 4 is 6.34 Å². The molecule has 0 bridgehead atoms. The van der Waals surface area contributed by atoms with Crippen molar-refractivity contribution in [3.63, 3.8) is 0 Å². The lowest BCUT2D eigenvalue weighted by atomic mass is 9.97. The van der Waals surface area contributed by atoms with E-state index < -0.39 is 0 Å². The van der Waals surface area contributed by atoms with Gasteiger partial charge in [-0.15, -0.1) is 0 Å². The fourth-order valence-corrected chi connectivity index (χ4v) is 5.84. The maximum Gasteiger partial charge on any atom is 0.0853 e. The molecule has 0 spiro atoms. The van der Waals surface area contributed by atoms with E-state index in [4.69, 9.17) is 0 Å². The molecule has 0 saturated carbocycles. The first-order valence-electron chi connectivity index (χ1n) is 17.4. The molecule has 224 valence electrons. The predicted octanol–water partition coefficient (Wildman–Crippen LogP) is 10.8. The summed E-state index contributed by atoms with van der Waals surface area (Å²) in [5, 5.41) is 10.8. The Hall–Kier alpha value is -0.830. The third-order valence-corrected chi connectivity index (χ3v) is 8.42. The topological polar surface area (TPSA) is 35.8 Å². The summed E-state index contributed by atoms with van der Waals surface area (Å²) < 4.78 is 0. The molecule has 0 amide bonds. The van der Waals surface area contributed by atoms with Crippen LogP contribution >= 0.6 is 0 Å². The maximum atomic E-state index is 10.8. The van der Waals surface area contributed by atoms with Gasteiger partial charge in [0.25, 0.3) is 0 Å². The minimum Gasteiger partial charge on any atom is -0.393 e. The first kappa shape index (κ1) is 35.2. The molecule has 2 atom stereocenters. The van der Waals surface area contributed by atoms with Crippen LogP contribution in [0.25, 0.3) is 0 Å². The zero-order chi connectivity index (χ0) is 27.4. The van der Waals surface area contributed by atoms with Crippen molar-refractivity contribution in [1.29, 1.82) is 0 Å². The number of unbranched alkanes of at least 4 members (excludes halogenated alkanes) is 20. The molecule has 1 N–H and O–H groups in total. The minimum absolute atomic E-state index is 0.147. The van der Waals surface area contributed by atoms with E-state index in [0.29, 0.717) is 6.04 Å². The van der Waals surface area contributed by atoms with Crippen molar-refractivity contribution in [1.82, 2.24) is 4.90 Å². The molecule has 0 aromatic carbocycles. The summed E-state index contributed by atoms with van der Waals surface area (Å²) in [6.07, 6.45) is 41.0. The van der Waals surface area contributed by atoms with Crippen LogP contribution in [0.1, 0.15) is 181 Å². The van der Waals surface area contributed by atoms with Crippen molar-refractivity contribution < 1.29 is 5.11 Å². The van der Waals surface area contributed by atoms with Crippen LogP contribution in [0.2, 0.25) is 0 Å². The Morgan fingerprint density at radius 2 is 1.08 bits per heavy atom. The van der Waals surface area contributed by atoms with E-state index >= 15 is 0 Å². The van der Waals surface area contributed by atoms with Crippen LogP contribution in [-0.2, 0) is 0 Å². The van der Waals surface area contributed by atoms with Gasteiger partial charge in [-0.3, -0.25) is 4.99 Å². The molecule has 1 heterocycles. The van der Waals surface area contributed by atoms with Gasteiger partial charge in [-0.25, -0.2) is 0 Å². The lowest BCUT2D eigenvalue weighted by Crippen LogP contribution is -2.35. The van der Waals surface area contributed by atoms with Crippen LogP contribution in [0, 0.1) is 0 Å². The third-order valence-electron chi connectivity index (χ3n) is 8.42. The highest BCUT2D eigenvalue weighted by Gasteiger charge is 2.21. The highest BCUT2D eigenvalue weighted by Crippen LogP contribution is 2.20. The summed E-state index contributed by atoms with van der Waals surface area (Å²) in [6, 6.07) is 0.476. The van der Waals surface area contributed by atoms with Crippen LogP contribution in [0.3, 0.4) is 0 Å². The van der Waals surface area contributed by atoms with Gasteiger partial charge in [0.1, 0.15) is 0 Å². The molecule has 2 unspecified atom stereocenters. The number of rotatable bonds is 29. The standard InChI is InChI=1S/C35H68N2O/c1-3-5-7-9-11-13-15-16-17-18-19-20-22-24-26-28-34(37-31-30-36-33-37)32-35(38)29-27-25-23-21-14-12-10-8-6-4-2/h16-17,33-35,38H,3-15,18-32H2,1-2H3/b17-16-. The molecule has 0 aliphatic carbocycles. The van der Waals surface area contributed by atoms with Crippen molar-refractivity contribution in [2.45, 2.75) is 193 Å². The molecule has 1 aliphatic heterocycles. The molecule has 1 rings (SSSR count). The summed E-state index contributed by atoms with van der Waals surface area (Å²) in [6.45, 7) is 6.54. The van der Waals surface area contributed by atoms with Gasteiger partial charge in [-0.2, -0.15) is 0 Å². The van der Waals surface area contributed by atoms with Gasteiger partial charge in [0.15, 0.2) is 0 Å². The van der Waals surface area contributed by atoms with E-state index in [1.165, 1.54) is 154 Å². The summed E-state index contributed by atoms with van der Waals surface area (Å²) in [5.41, 5.74) is 0. The van der Waals surface area contributed by atoms with E-state index in [1.54, 1.807) is 0 Å². The van der Waals surface area contributed by atoms with Crippen LogP contribution < -0.4 is 0 Å². The summed E-state index contributed by atoms with van der Waals surface area (Å²) in [5.74, 6) is 0. The predicted molar refractivity (Wildman–Crippen MR) is 170 cm³/mol. The minimum atomic E-state index is -0.147. The highest BCUT2D eigenvalue weighted by molar-refractivity contribution is 5.57. The Bertz CT molecular complexity index is 532. The Balaban J connectivity index is 2.03. The number of hydrogen-bond donors (Lipinski definition) is 1. The monoisotopic (exact) mass is 533 g/mol. The lowest BCUT2D eigenvalue weighted by molar-refractivity contribution is 0.117. The molecule has 3 nitrogen and oxygen atoms in total. The van der Waals surface area contributed by atoms with Gasteiger partial charge in [0.2, 0.25) is 0 Å². The molecule has 0 radical (unpaired) electrons. The summed E-state index contributed by atoms with van der Waals surface area (Å²) in [4.78, 5) is 6.87. The van der Waals surface area contributed by atoms with E-state index in [0.717, 1.165) is 25.9 Å². The largest absolute Gasteiger partial charge is 0.393 e. The number of aliphatic imine (C=N–C) groups is 1. The summed E-state index contributed by atoms with van der Waals surface area (Å²) in [7, 11) is 0. The van der Waals surface area contributed by atoms with Crippen molar-refractivity contribution in [3.8, 4) is 0 Å². The summed E-state index contributed by atoms with van der Waals surface area (Å²) >= 11 is 0. The number of aliphatic hydroxyl groups is 1. The van der Waals surface area contributed by atoms with Crippen molar-refractivity contribution in [2.75, 3.05) is 13.1 Å². The molecular weight excluding hydrogens is 464 g/mol. The average molecular weight is 533 g/mol. The first-order valence-corrected chi connectivity index (χ1v) is 17.4. The average Bonchev–Trinajstić information content (AvgIpc) is 3.46. The van der Waals surface area contributed by atoms with Gasteiger partial charge in [0.05, 0.1) is 19.0 Å². The highest BCUT2D eigenvalue weighted by atomic mass is 16.3. The number of allylic oxidation sites excluding steroid dienone is 2. The zero-order valence-corrected chi connectivity index (χ0v) is 26.0. The fraction of sp³-hybridized carbons (Fsp3) is 0.914. The SMILES string of the molecule is CCCCCCCC/C=C\CCCCCCCC(CC(O)CCCCCCCCCCCC)N1C=NCC1. The third kappa shape index (κ3) is 22.0. The molecule has 0 aromatic heterocycles. The molecule has 0 fully saturated rings. The molecule has 1 aliphatic rings.